The van der Waals surface area contributed by atoms with Crippen molar-refractivity contribution in [3.05, 3.63) is 82.7 Å². The topological polar surface area (TPSA) is 95.7 Å². The molecule has 1 aliphatic heterocycles. The van der Waals surface area contributed by atoms with Gasteiger partial charge >= 0.3 is 5.63 Å². The molecule has 0 amide bonds. The third-order valence-electron chi connectivity index (χ3n) is 7.32. The molecule has 0 fully saturated rings. The summed E-state index contributed by atoms with van der Waals surface area (Å²) in [7, 11) is 1.85. The lowest BCUT2D eigenvalue weighted by atomic mass is 9.86. The molecule has 0 aliphatic carbocycles. The third kappa shape index (κ3) is 4.41. The molecule has 1 atom stereocenters. The molecule has 4 aromatic rings. The fourth-order valence-corrected chi connectivity index (χ4v) is 5.27. The summed E-state index contributed by atoms with van der Waals surface area (Å²) >= 11 is 0. The molecule has 0 saturated heterocycles. The SMILES string of the molecule is CN1c2c(c3cc(-c4ccc(N)cc4)ccc3oc2=O)N(c2ccc(C(C)(C)C#N)cc2)C1(C)OC(C)(C)C. The zero-order chi connectivity index (χ0) is 28.3. The highest BCUT2D eigenvalue weighted by atomic mass is 16.6. The number of nitrogen functional groups attached to an aromatic ring is 1. The first-order chi connectivity index (χ1) is 18.2. The zero-order valence-corrected chi connectivity index (χ0v) is 23.5. The molecule has 1 aliphatic rings. The van der Waals surface area contributed by atoms with Crippen molar-refractivity contribution in [2.24, 2.45) is 0 Å². The summed E-state index contributed by atoms with van der Waals surface area (Å²) in [6.07, 6.45) is 0. The second kappa shape index (κ2) is 8.89. The quantitative estimate of drug-likeness (QED) is 0.230. The van der Waals surface area contributed by atoms with E-state index in [4.69, 9.17) is 14.9 Å². The molecule has 0 spiro atoms. The maximum atomic E-state index is 13.4. The van der Waals surface area contributed by atoms with E-state index in [1.54, 1.807) is 0 Å². The molecule has 2 heterocycles. The number of hydrogen-bond donors (Lipinski definition) is 1. The summed E-state index contributed by atoms with van der Waals surface area (Å²) in [6, 6.07) is 23.7. The number of nitrogens with zero attached hydrogens (tertiary/aromatic N) is 3. The van der Waals surface area contributed by atoms with E-state index >= 15 is 0 Å². The normalized spacial score (nSPS) is 17.4. The molecule has 1 aromatic heterocycles. The standard InChI is InChI=1S/C32H34N4O3/c1-30(2,3)39-32(6)35(7)28-27(36(32)24-15-11-22(12-16-24)31(4,5)19-33)25-18-21(10-17-26(25)38-29(28)37)20-8-13-23(34)14-9-20/h8-18H,34H2,1-7H3. The Bertz CT molecular complexity index is 1660. The monoisotopic (exact) mass is 522 g/mol. The van der Waals surface area contributed by atoms with Crippen LogP contribution in [-0.4, -0.2) is 18.5 Å². The van der Waals surface area contributed by atoms with Gasteiger partial charge in [-0.1, -0.05) is 30.3 Å². The Balaban J connectivity index is 1.79. The van der Waals surface area contributed by atoms with Gasteiger partial charge in [-0.15, -0.1) is 0 Å². The van der Waals surface area contributed by atoms with Crippen molar-refractivity contribution in [2.45, 2.75) is 58.4 Å². The number of fused-ring (bicyclic) bond motifs is 3. The first-order valence-corrected chi connectivity index (χ1v) is 13.0. The maximum absolute atomic E-state index is 13.4. The van der Waals surface area contributed by atoms with Crippen molar-refractivity contribution >= 4 is 33.7 Å². The first kappa shape index (κ1) is 26.3. The summed E-state index contributed by atoms with van der Waals surface area (Å²) in [5.41, 5.74) is 10.3. The molecule has 0 radical (unpaired) electrons. The third-order valence-corrected chi connectivity index (χ3v) is 7.32. The van der Waals surface area contributed by atoms with Crippen molar-refractivity contribution in [1.29, 1.82) is 5.26 Å². The van der Waals surface area contributed by atoms with Crippen molar-refractivity contribution in [3.63, 3.8) is 0 Å². The van der Waals surface area contributed by atoms with E-state index in [1.807, 2.05) is 120 Å². The first-order valence-electron chi connectivity index (χ1n) is 13.0. The lowest BCUT2D eigenvalue weighted by molar-refractivity contribution is -0.113. The predicted octanol–water partition coefficient (Wildman–Crippen LogP) is 6.92. The van der Waals surface area contributed by atoms with E-state index in [1.165, 1.54) is 0 Å². The van der Waals surface area contributed by atoms with E-state index in [-0.39, 0.29) is 0 Å². The van der Waals surface area contributed by atoms with Gasteiger partial charge in [0.15, 0.2) is 5.69 Å². The van der Waals surface area contributed by atoms with Crippen molar-refractivity contribution in [3.8, 4) is 17.2 Å². The molecule has 2 N–H and O–H groups in total. The lowest BCUT2D eigenvalue weighted by Gasteiger charge is -2.44. The predicted molar refractivity (Wildman–Crippen MR) is 157 cm³/mol. The van der Waals surface area contributed by atoms with Gasteiger partial charge in [0.05, 0.1) is 22.8 Å². The number of benzene rings is 3. The molecular formula is C32H34N4O3. The van der Waals surface area contributed by atoms with Crippen LogP contribution in [0.3, 0.4) is 0 Å². The van der Waals surface area contributed by atoms with E-state index in [0.717, 1.165) is 27.8 Å². The highest BCUT2D eigenvalue weighted by molar-refractivity contribution is 6.04. The average Bonchev–Trinajstić information content (AvgIpc) is 3.10. The number of hydrogen-bond acceptors (Lipinski definition) is 7. The summed E-state index contributed by atoms with van der Waals surface area (Å²) in [4.78, 5) is 17.3. The molecule has 7 nitrogen and oxygen atoms in total. The summed E-state index contributed by atoms with van der Waals surface area (Å²) in [5, 5.41) is 10.4. The average molecular weight is 523 g/mol. The van der Waals surface area contributed by atoms with Crippen LogP contribution in [0.15, 0.2) is 75.9 Å². The molecule has 200 valence electrons. The molecule has 0 saturated carbocycles. The van der Waals surface area contributed by atoms with Gasteiger partial charge in [-0.2, -0.15) is 5.26 Å². The minimum absolute atomic E-state index is 0.421. The van der Waals surface area contributed by atoms with E-state index in [9.17, 15) is 10.1 Å². The molecular weight excluding hydrogens is 488 g/mol. The number of rotatable bonds is 4. The van der Waals surface area contributed by atoms with Crippen LogP contribution in [0.25, 0.3) is 22.1 Å². The minimum Gasteiger partial charge on any atom is -0.421 e. The van der Waals surface area contributed by atoms with Gasteiger partial charge in [0.25, 0.3) is 0 Å². The maximum Gasteiger partial charge on any atom is 0.362 e. The van der Waals surface area contributed by atoms with Crippen molar-refractivity contribution in [1.82, 2.24) is 0 Å². The second-order valence-corrected chi connectivity index (χ2v) is 11.7. The molecule has 0 bridgehead atoms. The largest absolute Gasteiger partial charge is 0.421 e. The van der Waals surface area contributed by atoms with Crippen molar-refractivity contribution in [2.75, 3.05) is 22.6 Å². The summed E-state index contributed by atoms with van der Waals surface area (Å²) < 4.78 is 12.5. The number of ether oxygens (including phenoxy) is 1. The Morgan fingerprint density at radius 2 is 1.54 bits per heavy atom. The van der Waals surface area contributed by atoms with E-state index < -0.39 is 22.5 Å². The summed E-state index contributed by atoms with van der Waals surface area (Å²) in [5.74, 6) is -1.05. The molecule has 7 heteroatoms. The van der Waals surface area contributed by atoms with Crippen LogP contribution in [-0.2, 0) is 10.2 Å². The van der Waals surface area contributed by atoms with Gasteiger partial charge < -0.3 is 19.8 Å². The van der Waals surface area contributed by atoms with Gasteiger partial charge in [0.1, 0.15) is 5.58 Å². The Morgan fingerprint density at radius 1 is 0.923 bits per heavy atom. The van der Waals surface area contributed by atoms with E-state index in [2.05, 4.69) is 11.0 Å². The lowest BCUT2D eigenvalue weighted by Crippen LogP contribution is -2.57. The van der Waals surface area contributed by atoms with E-state index in [0.29, 0.717) is 22.6 Å². The van der Waals surface area contributed by atoms with Crippen LogP contribution in [0.4, 0.5) is 22.7 Å². The smallest absolute Gasteiger partial charge is 0.362 e. The van der Waals surface area contributed by atoms with Gasteiger partial charge in [-0.25, -0.2) is 4.79 Å². The fourth-order valence-electron chi connectivity index (χ4n) is 5.27. The van der Waals surface area contributed by atoms with Crippen molar-refractivity contribution < 1.29 is 9.15 Å². The van der Waals surface area contributed by atoms with Crippen LogP contribution >= 0.6 is 0 Å². The fraction of sp³-hybridized carbons (Fsp3) is 0.312. The molecule has 5 rings (SSSR count). The Morgan fingerprint density at radius 3 is 2.13 bits per heavy atom. The van der Waals surface area contributed by atoms with Crippen LogP contribution in [0, 0.1) is 11.3 Å². The van der Waals surface area contributed by atoms with Crippen LogP contribution < -0.4 is 21.2 Å². The summed E-state index contributed by atoms with van der Waals surface area (Å²) in [6.45, 7) is 11.7. The van der Waals surface area contributed by atoms with Gasteiger partial charge in [0.2, 0.25) is 5.85 Å². The van der Waals surface area contributed by atoms with Crippen LogP contribution in [0.1, 0.15) is 47.1 Å². The van der Waals surface area contributed by atoms with Crippen LogP contribution in [0.2, 0.25) is 0 Å². The molecule has 39 heavy (non-hydrogen) atoms. The number of nitrogens with two attached hydrogens (primary N) is 1. The highest BCUT2D eigenvalue weighted by Gasteiger charge is 2.51. The highest BCUT2D eigenvalue weighted by Crippen LogP contribution is 2.52. The van der Waals surface area contributed by atoms with Gasteiger partial charge in [0, 0.05) is 30.7 Å². The molecule has 1 unspecified atom stereocenters. The Kier molecular flexibility index (Phi) is 6.00. The Hall–Kier alpha value is -4.28. The van der Waals surface area contributed by atoms with Gasteiger partial charge in [-0.3, -0.25) is 4.90 Å². The zero-order valence-electron chi connectivity index (χ0n) is 23.5. The number of anilines is 4. The van der Waals surface area contributed by atoms with Crippen LogP contribution in [0.5, 0.6) is 0 Å². The second-order valence-electron chi connectivity index (χ2n) is 11.7. The number of nitriles is 1. The van der Waals surface area contributed by atoms with Gasteiger partial charge in [-0.05, 0) is 87.7 Å². The Labute approximate surface area is 229 Å². The minimum atomic E-state index is -1.05. The molecule has 3 aromatic carbocycles.